The van der Waals surface area contributed by atoms with Gasteiger partial charge in [-0.25, -0.2) is 0 Å². The average Bonchev–Trinajstić information content (AvgIpc) is 2.32. The molecule has 1 rings (SSSR count). The van der Waals surface area contributed by atoms with E-state index in [0.29, 0.717) is 18.4 Å². The fourth-order valence-corrected chi connectivity index (χ4v) is 2.42. The Morgan fingerprint density at radius 3 is 2.59 bits per heavy atom. The third-order valence-corrected chi connectivity index (χ3v) is 3.55. The van der Waals surface area contributed by atoms with E-state index in [1.54, 1.807) is 7.11 Å². The topological polar surface area (TPSA) is 35.2 Å². The van der Waals surface area contributed by atoms with E-state index in [2.05, 4.69) is 39.0 Å². The lowest BCUT2D eigenvalue weighted by Gasteiger charge is -2.23. The summed E-state index contributed by atoms with van der Waals surface area (Å²) < 4.78 is 5.38. The SMILES string of the molecule is CCCC(C)C(CN)c1ccc(C)c(OC)c1. The molecule has 0 fully saturated rings. The van der Waals surface area contributed by atoms with Gasteiger partial charge >= 0.3 is 0 Å². The van der Waals surface area contributed by atoms with Crippen LogP contribution in [-0.4, -0.2) is 13.7 Å². The second-order valence-corrected chi connectivity index (χ2v) is 4.84. The summed E-state index contributed by atoms with van der Waals surface area (Å²) in [5.41, 5.74) is 8.40. The van der Waals surface area contributed by atoms with E-state index in [9.17, 15) is 0 Å². The molecule has 2 atom stereocenters. The first-order valence-electron chi connectivity index (χ1n) is 6.48. The Bertz CT molecular complexity index is 349. The first-order chi connectivity index (χ1) is 8.13. The number of aryl methyl sites for hydroxylation is 1. The lowest BCUT2D eigenvalue weighted by atomic mass is 9.84. The van der Waals surface area contributed by atoms with Gasteiger partial charge in [-0.2, -0.15) is 0 Å². The van der Waals surface area contributed by atoms with Crippen molar-refractivity contribution in [1.82, 2.24) is 0 Å². The van der Waals surface area contributed by atoms with Crippen LogP contribution < -0.4 is 10.5 Å². The second kappa shape index (κ2) is 6.65. The minimum atomic E-state index is 0.435. The fourth-order valence-electron chi connectivity index (χ4n) is 2.42. The van der Waals surface area contributed by atoms with Crippen LogP contribution >= 0.6 is 0 Å². The molecule has 0 aliphatic carbocycles. The van der Waals surface area contributed by atoms with Crippen LogP contribution in [0.4, 0.5) is 0 Å². The van der Waals surface area contributed by atoms with Gasteiger partial charge < -0.3 is 10.5 Å². The Labute approximate surface area is 105 Å². The Balaban J connectivity index is 2.95. The maximum atomic E-state index is 5.92. The number of hydrogen-bond acceptors (Lipinski definition) is 2. The molecule has 0 aromatic heterocycles. The number of ether oxygens (including phenoxy) is 1. The fraction of sp³-hybridized carbons (Fsp3) is 0.600. The molecular weight excluding hydrogens is 210 g/mol. The van der Waals surface area contributed by atoms with Crippen LogP contribution in [0.3, 0.4) is 0 Å². The summed E-state index contributed by atoms with van der Waals surface area (Å²) in [7, 11) is 1.72. The van der Waals surface area contributed by atoms with Crippen LogP contribution in [0.1, 0.15) is 43.7 Å². The molecule has 2 heteroatoms. The van der Waals surface area contributed by atoms with Crippen LogP contribution in [0.5, 0.6) is 5.75 Å². The van der Waals surface area contributed by atoms with Crippen LogP contribution in [0.2, 0.25) is 0 Å². The van der Waals surface area contributed by atoms with Crippen molar-refractivity contribution in [2.24, 2.45) is 11.7 Å². The maximum absolute atomic E-state index is 5.92. The van der Waals surface area contributed by atoms with Crippen molar-refractivity contribution < 1.29 is 4.74 Å². The highest BCUT2D eigenvalue weighted by atomic mass is 16.5. The van der Waals surface area contributed by atoms with E-state index in [1.165, 1.54) is 24.0 Å². The van der Waals surface area contributed by atoms with Gasteiger partial charge in [0.1, 0.15) is 5.75 Å². The minimum Gasteiger partial charge on any atom is -0.496 e. The Hall–Kier alpha value is -1.02. The van der Waals surface area contributed by atoms with Crippen molar-refractivity contribution in [2.75, 3.05) is 13.7 Å². The van der Waals surface area contributed by atoms with Gasteiger partial charge in [-0.05, 0) is 42.5 Å². The van der Waals surface area contributed by atoms with Gasteiger partial charge in [0.25, 0.3) is 0 Å². The molecule has 17 heavy (non-hydrogen) atoms. The molecule has 0 heterocycles. The Morgan fingerprint density at radius 1 is 1.35 bits per heavy atom. The quantitative estimate of drug-likeness (QED) is 0.819. The molecular formula is C15H25NO. The molecule has 1 aromatic rings. The first kappa shape index (κ1) is 14.0. The van der Waals surface area contributed by atoms with Gasteiger partial charge in [0.15, 0.2) is 0 Å². The average molecular weight is 235 g/mol. The number of nitrogens with two attached hydrogens (primary N) is 1. The highest BCUT2D eigenvalue weighted by Crippen LogP contribution is 2.30. The largest absolute Gasteiger partial charge is 0.496 e. The molecule has 2 nitrogen and oxygen atoms in total. The molecule has 0 spiro atoms. The van der Waals surface area contributed by atoms with Gasteiger partial charge in [0.2, 0.25) is 0 Å². The predicted octanol–water partition coefficient (Wildman–Crippen LogP) is 3.48. The highest BCUT2D eigenvalue weighted by molar-refractivity contribution is 5.38. The summed E-state index contributed by atoms with van der Waals surface area (Å²) in [6.07, 6.45) is 2.43. The summed E-state index contributed by atoms with van der Waals surface area (Å²) in [6, 6.07) is 6.44. The van der Waals surface area contributed by atoms with Gasteiger partial charge in [-0.15, -0.1) is 0 Å². The van der Waals surface area contributed by atoms with E-state index in [4.69, 9.17) is 10.5 Å². The zero-order valence-electron chi connectivity index (χ0n) is 11.5. The molecule has 0 bridgehead atoms. The van der Waals surface area contributed by atoms with E-state index >= 15 is 0 Å². The van der Waals surface area contributed by atoms with Crippen molar-refractivity contribution in [3.05, 3.63) is 29.3 Å². The first-order valence-corrected chi connectivity index (χ1v) is 6.48. The normalized spacial score (nSPS) is 14.4. The Morgan fingerprint density at radius 2 is 2.06 bits per heavy atom. The molecule has 0 aliphatic rings. The standard InChI is InChI=1S/C15H25NO/c1-5-6-11(2)14(10-16)13-8-7-12(3)15(9-13)17-4/h7-9,11,14H,5-6,10,16H2,1-4H3. The third-order valence-electron chi connectivity index (χ3n) is 3.55. The summed E-state index contributed by atoms with van der Waals surface area (Å²) in [6.45, 7) is 7.27. The summed E-state index contributed by atoms with van der Waals surface area (Å²) >= 11 is 0. The van der Waals surface area contributed by atoms with Crippen molar-refractivity contribution in [2.45, 2.75) is 39.5 Å². The number of benzene rings is 1. The van der Waals surface area contributed by atoms with E-state index in [0.717, 1.165) is 5.75 Å². The van der Waals surface area contributed by atoms with Gasteiger partial charge in [0.05, 0.1) is 7.11 Å². The number of methoxy groups -OCH3 is 1. The smallest absolute Gasteiger partial charge is 0.122 e. The Kier molecular flexibility index (Phi) is 5.49. The highest BCUT2D eigenvalue weighted by Gasteiger charge is 2.18. The summed E-state index contributed by atoms with van der Waals surface area (Å²) in [4.78, 5) is 0. The zero-order chi connectivity index (χ0) is 12.8. The molecule has 0 saturated carbocycles. The minimum absolute atomic E-state index is 0.435. The van der Waals surface area contributed by atoms with Gasteiger partial charge in [-0.3, -0.25) is 0 Å². The summed E-state index contributed by atoms with van der Waals surface area (Å²) in [5.74, 6) is 2.02. The van der Waals surface area contributed by atoms with E-state index < -0.39 is 0 Å². The van der Waals surface area contributed by atoms with Crippen LogP contribution in [0, 0.1) is 12.8 Å². The van der Waals surface area contributed by atoms with Crippen molar-refractivity contribution in [3.8, 4) is 5.75 Å². The number of rotatable bonds is 6. The monoisotopic (exact) mass is 235 g/mol. The van der Waals surface area contributed by atoms with Crippen molar-refractivity contribution >= 4 is 0 Å². The molecule has 96 valence electrons. The van der Waals surface area contributed by atoms with Crippen LogP contribution in [-0.2, 0) is 0 Å². The molecule has 0 saturated heterocycles. The van der Waals surface area contributed by atoms with Crippen LogP contribution in [0.25, 0.3) is 0 Å². The van der Waals surface area contributed by atoms with E-state index in [1.807, 2.05) is 0 Å². The predicted molar refractivity (Wildman–Crippen MR) is 73.6 cm³/mol. The second-order valence-electron chi connectivity index (χ2n) is 4.84. The third kappa shape index (κ3) is 3.47. The van der Waals surface area contributed by atoms with Crippen LogP contribution in [0.15, 0.2) is 18.2 Å². The molecule has 0 radical (unpaired) electrons. The molecule has 2 unspecified atom stereocenters. The molecule has 2 N–H and O–H groups in total. The van der Waals surface area contributed by atoms with Crippen molar-refractivity contribution in [1.29, 1.82) is 0 Å². The van der Waals surface area contributed by atoms with E-state index in [-0.39, 0.29) is 0 Å². The zero-order valence-corrected chi connectivity index (χ0v) is 11.5. The molecule has 1 aromatic carbocycles. The van der Waals surface area contributed by atoms with Gasteiger partial charge in [-0.1, -0.05) is 38.8 Å². The lowest BCUT2D eigenvalue weighted by molar-refractivity contribution is 0.404. The lowest BCUT2D eigenvalue weighted by Crippen LogP contribution is -2.19. The van der Waals surface area contributed by atoms with Crippen molar-refractivity contribution in [3.63, 3.8) is 0 Å². The maximum Gasteiger partial charge on any atom is 0.122 e. The summed E-state index contributed by atoms with van der Waals surface area (Å²) in [5, 5.41) is 0. The molecule has 0 amide bonds. The number of hydrogen-bond donors (Lipinski definition) is 1. The molecule has 0 aliphatic heterocycles. The van der Waals surface area contributed by atoms with Gasteiger partial charge in [0, 0.05) is 0 Å².